The van der Waals surface area contributed by atoms with Gasteiger partial charge >= 0.3 is 0 Å². The molecule has 0 fully saturated rings. The van der Waals surface area contributed by atoms with Crippen molar-refractivity contribution in [2.45, 2.75) is 34.1 Å². The summed E-state index contributed by atoms with van der Waals surface area (Å²) < 4.78 is 0. The maximum atomic E-state index is 3.43. The average Bonchev–Trinajstić information content (AvgIpc) is 2.56. The van der Waals surface area contributed by atoms with Gasteiger partial charge in [0.2, 0.25) is 0 Å². The molecule has 1 aromatic rings. The van der Waals surface area contributed by atoms with Crippen molar-refractivity contribution in [1.82, 2.24) is 0 Å². The molecule has 2 N–H and O–H groups in total. The quantitative estimate of drug-likeness (QED) is 0.812. The standard InChI is InChI=1S/C15H22N2/c1-10(2)7-12-5-6-13-14(9-12)17-15(16-13)8-11(3)4/h5-6,8-11,16-17H,7H2,1-4H3/b15-8-. The van der Waals surface area contributed by atoms with Crippen LogP contribution in [0.3, 0.4) is 0 Å². The smallest absolute Gasteiger partial charge is 0.104 e. The lowest BCUT2D eigenvalue weighted by Gasteiger charge is -2.06. The Balaban J connectivity index is 2.16. The maximum absolute atomic E-state index is 3.43. The Morgan fingerprint density at radius 2 is 1.76 bits per heavy atom. The number of anilines is 2. The van der Waals surface area contributed by atoms with Gasteiger partial charge < -0.3 is 10.6 Å². The van der Waals surface area contributed by atoms with Crippen LogP contribution in [0.1, 0.15) is 33.3 Å². The predicted molar refractivity (Wildman–Crippen MR) is 75.2 cm³/mol. The van der Waals surface area contributed by atoms with E-state index in [4.69, 9.17) is 0 Å². The molecule has 1 heterocycles. The van der Waals surface area contributed by atoms with E-state index in [-0.39, 0.29) is 0 Å². The number of hydrogen-bond donors (Lipinski definition) is 2. The van der Waals surface area contributed by atoms with Crippen molar-refractivity contribution in [3.05, 3.63) is 35.7 Å². The minimum atomic E-state index is 0.550. The molecule has 1 aliphatic heterocycles. The van der Waals surface area contributed by atoms with Crippen LogP contribution in [0.15, 0.2) is 30.1 Å². The fraction of sp³-hybridized carbons (Fsp3) is 0.467. The molecule has 1 aliphatic rings. The van der Waals surface area contributed by atoms with Crippen LogP contribution in [0.25, 0.3) is 0 Å². The van der Waals surface area contributed by atoms with Gasteiger partial charge in [-0.2, -0.15) is 0 Å². The van der Waals surface area contributed by atoms with Crippen LogP contribution in [0.2, 0.25) is 0 Å². The summed E-state index contributed by atoms with van der Waals surface area (Å²) >= 11 is 0. The number of rotatable bonds is 3. The van der Waals surface area contributed by atoms with E-state index in [1.165, 1.54) is 16.9 Å². The lowest BCUT2D eigenvalue weighted by molar-refractivity contribution is 0.647. The van der Waals surface area contributed by atoms with Crippen molar-refractivity contribution in [2.24, 2.45) is 11.8 Å². The molecule has 92 valence electrons. The summed E-state index contributed by atoms with van der Waals surface area (Å²) in [7, 11) is 0. The van der Waals surface area contributed by atoms with E-state index in [2.05, 4.69) is 62.6 Å². The van der Waals surface area contributed by atoms with Crippen molar-refractivity contribution in [1.29, 1.82) is 0 Å². The molecular formula is C15H22N2. The van der Waals surface area contributed by atoms with Gasteiger partial charge in [0.05, 0.1) is 11.4 Å². The highest BCUT2D eigenvalue weighted by Gasteiger charge is 2.14. The summed E-state index contributed by atoms with van der Waals surface area (Å²) in [6.45, 7) is 8.87. The Labute approximate surface area is 104 Å². The number of allylic oxidation sites excluding steroid dienone is 1. The number of benzene rings is 1. The van der Waals surface area contributed by atoms with Crippen molar-refractivity contribution in [3.63, 3.8) is 0 Å². The molecule has 0 saturated heterocycles. The van der Waals surface area contributed by atoms with E-state index < -0.39 is 0 Å². The van der Waals surface area contributed by atoms with Crippen LogP contribution >= 0.6 is 0 Å². The van der Waals surface area contributed by atoms with Gasteiger partial charge in [0, 0.05) is 0 Å². The molecule has 0 aliphatic carbocycles. The molecule has 2 nitrogen and oxygen atoms in total. The lowest BCUT2D eigenvalue weighted by Crippen LogP contribution is -2.00. The van der Waals surface area contributed by atoms with E-state index in [1.807, 2.05) is 0 Å². The van der Waals surface area contributed by atoms with Gasteiger partial charge in [-0.1, -0.05) is 33.8 Å². The first-order valence-corrected chi connectivity index (χ1v) is 6.43. The van der Waals surface area contributed by atoms with Crippen molar-refractivity contribution in [3.8, 4) is 0 Å². The van der Waals surface area contributed by atoms with Gasteiger partial charge in [-0.15, -0.1) is 0 Å². The van der Waals surface area contributed by atoms with Crippen molar-refractivity contribution in [2.75, 3.05) is 10.6 Å². The summed E-state index contributed by atoms with van der Waals surface area (Å²) in [6.07, 6.45) is 3.35. The number of hydrogen-bond acceptors (Lipinski definition) is 2. The van der Waals surface area contributed by atoms with Crippen LogP contribution in [-0.4, -0.2) is 0 Å². The summed E-state index contributed by atoms with van der Waals surface area (Å²) in [5.41, 5.74) is 3.79. The first-order valence-electron chi connectivity index (χ1n) is 6.43. The van der Waals surface area contributed by atoms with E-state index in [0.717, 1.165) is 12.2 Å². The topological polar surface area (TPSA) is 24.1 Å². The second-order valence-corrected chi connectivity index (χ2v) is 5.55. The monoisotopic (exact) mass is 230 g/mol. The van der Waals surface area contributed by atoms with E-state index in [1.54, 1.807) is 0 Å². The average molecular weight is 230 g/mol. The molecule has 0 amide bonds. The van der Waals surface area contributed by atoms with Gasteiger partial charge in [-0.25, -0.2) is 0 Å². The molecular weight excluding hydrogens is 208 g/mol. The van der Waals surface area contributed by atoms with Gasteiger partial charge in [-0.05, 0) is 42.0 Å². The molecule has 0 bridgehead atoms. The minimum Gasteiger partial charge on any atom is -0.340 e. The van der Waals surface area contributed by atoms with E-state index in [9.17, 15) is 0 Å². The molecule has 0 atom stereocenters. The van der Waals surface area contributed by atoms with Crippen LogP contribution in [-0.2, 0) is 6.42 Å². The van der Waals surface area contributed by atoms with Crippen molar-refractivity contribution >= 4 is 11.4 Å². The van der Waals surface area contributed by atoms with Gasteiger partial charge in [0.25, 0.3) is 0 Å². The van der Waals surface area contributed by atoms with Gasteiger partial charge in [-0.3, -0.25) is 0 Å². The van der Waals surface area contributed by atoms with Gasteiger partial charge in [0.15, 0.2) is 0 Å². The van der Waals surface area contributed by atoms with E-state index in [0.29, 0.717) is 11.8 Å². The Kier molecular flexibility index (Phi) is 3.41. The summed E-state index contributed by atoms with van der Waals surface area (Å²) in [5, 5.41) is 6.83. The molecule has 0 unspecified atom stereocenters. The highest BCUT2D eigenvalue weighted by Crippen LogP contribution is 2.32. The Morgan fingerprint density at radius 1 is 1.06 bits per heavy atom. The third-order valence-electron chi connectivity index (χ3n) is 2.77. The first kappa shape index (κ1) is 12.0. The Hall–Kier alpha value is -1.44. The fourth-order valence-corrected chi connectivity index (χ4v) is 2.14. The molecule has 0 saturated carbocycles. The second kappa shape index (κ2) is 4.82. The predicted octanol–water partition coefficient (Wildman–Crippen LogP) is 4.22. The zero-order chi connectivity index (χ0) is 12.4. The zero-order valence-corrected chi connectivity index (χ0v) is 11.2. The number of fused-ring (bicyclic) bond motifs is 1. The third kappa shape index (κ3) is 3.02. The van der Waals surface area contributed by atoms with Crippen LogP contribution in [0, 0.1) is 11.8 Å². The Morgan fingerprint density at radius 3 is 2.41 bits per heavy atom. The minimum absolute atomic E-state index is 0.550. The van der Waals surface area contributed by atoms with Crippen LogP contribution in [0.4, 0.5) is 11.4 Å². The van der Waals surface area contributed by atoms with Crippen molar-refractivity contribution < 1.29 is 0 Å². The molecule has 1 aromatic carbocycles. The number of nitrogens with one attached hydrogen (secondary N) is 2. The lowest BCUT2D eigenvalue weighted by atomic mass is 10.0. The summed E-state index contributed by atoms with van der Waals surface area (Å²) in [5.74, 6) is 2.36. The maximum Gasteiger partial charge on any atom is 0.104 e. The molecule has 17 heavy (non-hydrogen) atoms. The fourth-order valence-electron chi connectivity index (χ4n) is 2.14. The van der Waals surface area contributed by atoms with Crippen LogP contribution in [0.5, 0.6) is 0 Å². The Bertz CT molecular complexity index is 431. The van der Waals surface area contributed by atoms with E-state index >= 15 is 0 Å². The SMILES string of the molecule is CC(C)/C=C1/Nc2ccc(CC(C)C)cc2N1. The molecule has 0 spiro atoms. The molecule has 2 rings (SSSR count). The summed E-state index contributed by atoms with van der Waals surface area (Å²) in [6, 6.07) is 6.64. The third-order valence-corrected chi connectivity index (χ3v) is 2.77. The molecule has 2 heteroatoms. The van der Waals surface area contributed by atoms with Gasteiger partial charge in [0.1, 0.15) is 5.82 Å². The zero-order valence-electron chi connectivity index (χ0n) is 11.2. The molecule has 0 aromatic heterocycles. The molecule has 0 radical (unpaired) electrons. The normalized spacial score (nSPS) is 16.2. The second-order valence-electron chi connectivity index (χ2n) is 5.55. The highest BCUT2D eigenvalue weighted by atomic mass is 15.2. The van der Waals surface area contributed by atoms with Crippen LogP contribution < -0.4 is 10.6 Å². The highest BCUT2D eigenvalue weighted by molar-refractivity contribution is 5.79. The summed E-state index contributed by atoms with van der Waals surface area (Å²) in [4.78, 5) is 0. The largest absolute Gasteiger partial charge is 0.340 e. The first-order chi connectivity index (χ1) is 8.04.